The van der Waals surface area contributed by atoms with Crippen LogP contribution in [0, 0.1) is 22.7 Å². The van der Waals surface area contributed by atoms with Gasteiger partial charge >= 0.3 is 0 Å². The Hall–Kier alpha value is -2.82. The normalized spacial score (nSPS) is 9.86. The summed E-state index contributed by atoms with van der Waals surface area (Å²) in [7, 11) is 1.87. The van der Waals surface area contributed by atoms with Crippen LogP contribution >= 0.6 is 0 Å². The van der Waals surface area contributed by atoms with E-state index in [-0.39, 0.29) is 5.57 Å². The minimum atomic E-state index is 0.145. The zero-order chi connectivity index (χ0) is 16.1. The van der Waals surface area contributed by atoms with Crippen molar-refractivity contribution in [3.63, 3.8) is 0 Å². The summed E-state index contributed by atoms with van der Waals surface area (Å²) in [5, 5.41) is 21.8. The number of fused-ring (bicyclic) bond motifs is 1. The van der Waals surface area contributed by atoms with Gasteiger partial charge in [-0.05, 0) is 54.0 Å². The first-order valence-corrected chi connectivity index (χ1v) is 7.02. The van der Waals surface area contributed by atoms with E-state index in [0.29, 0.717) is 12.2 Å². The maximum absolute atomic E-state index is 8.97. The van der Waals surface area contributed by atoms with Crippen molar-refractivity contribution in [1.29, 1.82) is 10.5 Å². The Morgan fingerprint density at radius 1 is 1.09 bits per heavy atom. The fourth-order valence-electron chi connectivity index (χ4n) is 2.27. The number of hydrogen-bond donors (Lipinski definition) is 0. The molecule has 0 amide bonds. The average molecular weight is 291 g/mol. The summed E-state index contributed by atoms with van der Waals surface area (Å²) in [6.45, 7) is 4.35. The van der Waals surface area contributed by atoms with Gasteiger partial charge in [0, 0.05) is 7.05 Å². The van der Waals surface area contributed by atoms with Gasteiger partial charge in [0.05, 0.1) is 12.3 Å². The summed E-state index contributed by atoms with van der Waals surface area (Å²) in [5.74, 6) is 0. The number of hydroxylamine groups is 1. The van der Waals surface area contributed by atoms with Crippen molar-refractivity contribution in [1.82, 2.24) is 0 Å². The highest BCUT2D eigenvalue weighted by Gasteiger charge is 2.06. The first-order chi connectivity index (χ1) is 10.6. The second-order valence-electron chi connectivity index (χ2n) is 4.89. The number of hydrogen-bond acceptors (Lipinski definition) is 4. The van der Waals surface area contributed by atoms with Gasteiger partial charge in [-0.15, -0.1) is 0 Å². The van der Waals surface area contributed by atoms with Crippen molar-refractivity contribution in [2.45, 2.75) is 13.8 Å². The largest absolute Gasteiger partial charge is 0.274 e. The molecular formula is C18H17N3O. The van der Waals surface area contributed by atoms with Crippen LogP contribution in [-0.2, 0) is 4.84 Å². The minimum Gasteiger partial charge on any atom is -0.274 e. The first kappa shape index (κ1) is 15.6. The van der Waals surface area contributed by atoms with E-state index in [9.17, 15) is 0 Å². The first-order valence-electron chi connectivity index (χ1n) is 7.02. The lowest BCUT2D eigenvalue weighted by Gasteiger charge is -2.18. The van der Waals surface area contributed by atoms with Crippen molar-refractivity contribution in [3.05, 3.63) is 47.5 Å². The fraction of sp³-hybridized carbons (Fsp3) is 0.222. The van der Waals surface area contributed by atoms with E-state index in [4.69, 9.17) is 15.4 Å². The molecule has 4 nitrogen and oxygen atoms in total. The predicted octanol–water partition coefficient (Wildman–Crippen LogP) is 4.05. The van der Waals surface area contributed by atoms with E-state index in [1.807, 2.05) is 62.5 Å². The number of anilines is 1. The topological polar surface area (TPSA) is 60.0 Å². The molecule has 2 aromatic rings. The maximum atomic E-state index is 8.97. The quantitative estimate of drug-likeness (QED) is 0.630. The summed E-state index contributed by atoms with van der Waals surface area (Å²) in [4.78, 5) is 5.45. The zero-order valence-electron chi connectivity index (χ0n) is 12.9. The molecule has 0 saturated carbocycles. The predicted molar refractivity (Wildman–Crippen MR) is 87.8 cm³/mol. The third-order valence-electron chi connectivity index (χ3n) is 3.54. The van der Waals surface area contributed by atoms with Crippen LogP contribution < -0.4 is 5.06 Å². The molecular weight excluding hydrogens is 274 g/mol. The summed E-state index contributed by atoms with van der Waals surface area (Å²) in [6.07, 6.45) is 0. The van der Waals surface area contributed by atoms with Gasteiger partial charge in [-0.25, -0.2) is 0 Å². The average Bonchev–Trinajstić information content (AvgIpc) is 2.55. The van der Waals surface area contributed by atoms with Crippen molar-refractivity contribution in [2.75, 3.05) is 18.7 Å². The van der Waals surface area contributed by atoms with E-state index in [1.54, 1.807) is 12.0 Å². The molecule has 0 radical (unpaired) electrons. The number of rotatable bonds is 4. The number of allylic oxidation sites excluding steroid dienone is 2. The van der Waals surface area contributed by atoms with Gasteiger partial charge in [-0.2, -0.15) is 10.5 Å². The van der Waals surface area contributed by atoms with Crippen molar-refractivity contribution in [3.8, 4) is 12.1 Å². The van der Waals surface area contributed by atoms with Gasteiger partial charge in [0.25, 0.3) is 0 Å². The Labute approximate surface area is 130 Å². The molecule has 0 saturated heterocycles. The molecule has 0 unspecified atom stereocenters. The molecule has 0 N–H and O–H groups in total. The smallest absolute Gasteiger partial charge is 0.133 e. The fourth-order valence-corrected chi connectivity index (χ4v) is 2.27. The molecule has 2 rings (SSSR count). The molecule has 0 aliphatic heterocycles. The zero-order valence-corrected chi connectivity index (χ0v) is 12.9. The van der Waals surface area contributed by atoms with Gasteiger partial charge in [0.2, 0.25) is 0 Å². The van der Waals surface area contributed by atoms with E-state index in [1.165, 1.54) is 0 Å². The van der Waals surface area contributed by atoms with E-state index in [2.05, 4.69) is 0 Å². The van der Waals surface area contributed by atoms with Crippen LogP contribution in [0.15, 0.2) is 42.0 Å². The third kappa shape index (κ3) is 3.09. The van der Waals surface area contributed by atoms with Gasteiger partial charge in [0.15, 0.2) is 0 Å². The van der Waals surface area contributed by atoms with Crippen LogP contribution in [0.5, 0.6) is 0 Å². The molecule has 0 aromatic heterocycles. The van der Waals surface area contributed by atoms with Crippen molar-refractivity contribution < 1.29 is 4.84 Å². The van der Waals surface area contributed by atoms with E-state index >= 15 is 0 Å². The molecule has 0 aliphatic rings. The van der Waals surface area contributed by atoms with Gasteiger partial charge in [-0.1, -0.05) is 18.2 Å². The Balaban J connectivity index is 2.46. The Morgan fingerprint density at radius 2 is 1.73 bits per heavy atom. The molecule has 0 heterocycles. The second-order valence-corrected chi connectivity index (χ2v) is 4.89. The molecule has 2 aromatic carbocycles. The molecule has 0 fully saturated rings. The van der Waals surface area contributed by atoms with E-state index in [0.717, 1.165) is 22.0 Å². The molecule has 4 heteroatoms. The monoisotopic (exact) mass is 291 g/mol. The third-order valence-corrected chi connectivity index (χ3v) is 3.54. The highest BCUT2D eigenvalue weighted by Crippen LogP contribution is 2.26. The molecule has 0 aliphatic carbocycles. The lowest BCUT2D eigenvalue weighted by atomic mass is 9.99. The van der Waals surface area contributed by atoms with Gasteiger partial charge in [0.1, 0.15) is 17.7 Å². The van der Waals surface area contributed by atoms with Crippen molar-refractivity contribution >= 4 is 22.0 Å². The van der Waals surface area contributed by atoms with Gasteiger partial charge < -0.3 is 0 Å². The van der Waals surface area contributed by atoms with Crippen LogP contribution in [0.3, 0.4) is 0 Å². The van der Waals surface area contributed by atoms with Crippen LogP contribution in [0.4, 0.5) is 5.69 Å². The van der Waals surface area contributed by atoms with Gasteiger partial charge in [-0.3, -0.25) is 9.90 Å². The number of nitriles is 2. The summed E-state index contributed by atoms with van der Waals surface area (Å²) in [6, 6.07) is 15.8. The Kier molecular flexibility index (Phi) is 4.78. The van der Waals surface area contributed by atoms with Crippen LogP contribution in [0.2, 0.25) is 0 Å². The lowest BCUT2D eigenvalue weighted by Crippen LogP contribution is -2.17. The standard InChI is InChI=1S/C18H17N3O/c1-4-22-21(3)18-8-7-15-9-14(5-6-16(15)10-18)13(2)17(11-19)12-20/h5-10H,4H2,1-3H3. The molecule has 0 atom stereocenters. The van der Waals surface area contributed by atoms with Crippen molar-refractivity contribution in [2.24, 2.45) is 0 Å². The molecule has 110 valence electrons. The summed E-state index contributed by atoms with van der Waals surface area (Å²) >= 11 is 0. The second kappa shape index (κ2) is 6.76. The highest BCUT2D eigenvalue weighted by molar-refractivity contribution is 5.89. The Bertz CT molecular complexity index is 793. The Morgan fingerprint density at radius 3 is 2.36 bits per heavy atom. The molecule has 22 heavy (non-hydrogen) atoms. The summed E-state index contributed by atoms with van der Waals surface area (Å²) in [5.41, 5.74) is 2.70. The molecule has 0 bridgehead atoms. The highest BCUT2D eigenvalue weighted by atomic mass is 16.7. The maximum Gasteiger partial charge on any atom is 0.133 e. The number of nitrogens with zero attached hydrogens (tertiary/aromatic N) is 3. The molecule has 0 spiro atoms. The van der Waals surface area contributed by atoms with Crippen LogP contribution in [0.25, 0.3) is 16.3 Å². The number of benzene rings is 2. The van der Waals surface area contributed by atoms with E-state index < -0.39 is 0 Å². The SMILES string of the molecule is CCON(C)c1ccc2cc(C(C)=C(C#N)C#N)ccc2c1. The minimum absolute atomic E-state index is 0.145. The summed E-state index contributed by atoms with van der Waals surface area (Å²) < 4.78 is 0. The lowest BCUT2D eigenvalue weighted by molar-refractivity contribution is 0.135. The van der Waals surface area contributed by atoms with Crippen LogP contribution in [-0.4, -0.2) is 13.7 Å². The van der Waals surface area contributed by atoms with Crippen LogP contribution in [0.1, 0.15) is 19.4 Å².